The third-order valence-electron chi connectivity index (χ3n) is 5.78. The highest BCUT2D eigenvalue weighted by molar-refractivity contribution is 5.78. The highest BCUT2D eigenvalue weighted by atomic mass is 19.4. The van der Waals surface area contributed by atoms with Crippen LogP contribution in [0.3, 0.4) is 0 Å². The Morgan fingerprint density at radius 2 is 1.63 bits per heavy atom. The molecule has 0 radical (unpaired) electrons. The molecule has 0 saturated carbocycles. The first-order valence-electron chi connectivity index (χ1n) is 11.0. The van der Waals surface area contributed by atoms with Crippen LogP contribution in [0.4, 0.5) is 32.2 Å². The van der Waals surface area contributed by atoms with Gasteiger partial charge >= 0.3 is 18.3 Å². The van der Waals surface area contributed by atoms with E-state index >= 15 is 0 Å². The molecule has 4 N–H and O–H groups in total. The summed E-state index contributed by atoms with van der Waals surface area (Å²) in [7, 11) is 1.35. The molecule has 3 aromatic rings. The van der Waals surface area contributed by atoms with Crippen LogP contribution in [0.5, 0.6) is 11.5 Å². The summed E-state index contributed by atoms with van der Waals surface area (Å²) in [6.45, 7) is 1.82. The summed E-state index contributed by atoms with van der Waals surface area (Å²) in [6.07, 6.45) is -12.8. The topological polar surface area (TPSA) is 107 Å². The molecular formula is C24H21F6N5O3. The fraction of sp³-hybridized carbons (Fsp3) is 0.250. The largest absolute Gasteiger partial charge is 0.493 e. The number of fused-ring (bicyclic) bond motifs is 1. The number of carbonyl (C=O) groups excluding carboxylic acids is 1. The maximum absolute atomic E-state index is 14.1. The Balaban J connectivity index is 1.89. The van der Waals surface area contributed by atoms with Crippen LogP contribution in [-0.4, -0.2) is 35.4 Å². The molecule has 2 atom stereocenters. The zero-order valence-electron chi connectivity index (χ0n) is 19.8. The maximum atomic E-state index is 14.1. The van der Waals surface area contributed by atoms with E-state index in [9.17, 15) is 31.1 Å². The summed E-state index contributed by atoms with van der Waals surface area (Å²) < 4.78 is 86.8. The summed E-state index contributed by atoms with van der Waals surface area (Å²) in [5, 5.41) is 0.356. The average Bonchev–Trinajstić information content (AvgIpc) is 2.85. The Morgan fingerprint density at radius 3 is 2.24 bits per heavy atom. The molecule has 0 fully saturated rings. The van der Waals surface area contributed by atoms with Gasteiger partial charge in [-0.25, -0.2) is 9.78 Å². The molecule has 14 heteroatoms. The maximum Gasteiger partial charge on any atom is 0.493 e. The molecule has 38 heavy (non-hydrogen) atoms. The summed E-state index contributed by atoms with van der Waals surface area (Å²) in [4.78, 5) is 21.4. The number of halogens is 6. The molecular weight excluding hydrogens is 520 g/mol. The fourth-order valence-corrected chi connectivity index (χ4v) is 3.77. The standard InChI is InChI=1S/C24H21F6N5O3/c1-12-6-8-13(9-7-12)37-17-5-3-4-15(23(25,26)27)18(17)16-11-10-14-19(31)34(2)22(32)35(20(14)33-16)38-21(36)24(28,29)30/h3-11,19,22H,31-32H2,1-2H3. The van der Waals surface area contributed by atoms with Gasteiger partial charge in [-0.3, -0.25) is 10.6 Å². The van der Waals surface area contributed by atoms with Gasteiger partial charge in [-0.05, 0) is 44.3 Å². The fourth-order valence-electron chi connectivity index (χ4n) is 3.77. The summed E-state index contributed by atoms with van der Waals surface area (Å²) in [5.74, 6) is -3.05. The number of rotatable bonds is 4. The first-order valence-corrected chi connectivity index (χ1v) is 11.0. The molecule has 0 aliphatic carbocycles. The monoisotopic (exact) mass is 541 g/mol. The highest BCUT2D eigenvalue weighted by Gasteiger charge is 2.46. The van der Waals surface area contributed by atoms with Crippen LogP contribution < -0.4 is 21.3 Å². The van der Waals surface area contributed by atoms with Crippen molar-refractivity contribution in [3.8, 4) is 22.8 Å². The predicted molar refractivity (Wildman–Crippen MR) is 123 cm³/mol. The molecule has 2 aromatic carbocycles. The Hall–Kier alpha value is -3.88. The number of nitrogens with two attached hydrogens (primary N) is 2. The van der Waals surface area contributed by atoms with E-state index < -0.39 is 47.7 Å². The van der Waals surface area contributed by atoms with E-state index in [0.29, 0.717) is 5.06 Å². The van der Waals surface area contributed by atoms with Gasteiger partial charge in [0.2, 0.25) is 0 Å². The number of alkyl halides is 6. The number of pyridine rings is 1. The number of nitrogens with zero attached hydrogens (tertiary/aromatic N) is 3. The lowest BCUT2D eigenvalue weighted by atomic mass is 10.0. The van der Waals surface area contributed by atoms with E-state index in [2.05, 4.69) is 9.82 Å². The van der Waals surface area contributed by atoms with Crippen molar-refractivity contribution < 1.29 is 40.7 Å². The minimum atomic E-state index is -5.38. The van der Waals surface area contributed by atoms with E-state index in [-0.39, 0.29) is 22.8 Å². The third-order valence-corrected chi connectivity index (χ3v) is 5.78. The minimum Gasteiger partial charge on any atom is -0.457 e. The number of aryl methyl sites for hydroxylation is 1. The second-order valence-electron chi connectivity index (χ2n) is 8.43. The molecule has 8 nitrogen and oxygen atoms in total. The summed E-state index contributed by atoms with van der Waals surface area (Å²) in [6, 6.07) is 12.2. The van der Waals surface area contributed by atoms with E-state index in [0.717, 1.165) is 17.7 Å². The molecule has 4 rings (SSSR count). The minimum absolute atomic E-state index is 0.0541. The van der Waals surface area contributed by atoms with Crippen molar-refractivity contribution in [3.05, 3.63) is 71.3 Å². The number of hydroxylamine groups is 1. The number of carbonyl (C=O) groups is 1. The van der Waals surface area contributed by atoms with Gasteiger partial charge in [0.15, 0.2) is 12.1 Å². The van der Waals surface area contributed by atoms with Crippen LogP contribution in [0.1, 0.15) is 22.9 Å². The van der Waals surface area contributed by atoms with Crippen molar-refractivity contribution in [2.24, 2.45) is 11.5 Å². The Kier molecular flexibility index (Phi) is 6.99. The number of hydrogen-bond acceptors (Lipinski definition) is 8. The normalized spacial score (nSPS) is 18.2. The molecule has 1 aromatic heterocycles. The van der Waals surface area contributed by atoms with Gasteiger partial charge in [-0.2, -0.15) is 31.4 Å². The number of benzene rings is 2. The molecule has 2 heterocycles. The van der Waals surface area contributed by atoms with Crippen LogP contribution in [-0.2, 0) is 15.8 Å². The molecule has 1 aliphatic rings. The molecule has 2 unspecified atom stereocenters. The van der Waals surface area contributed by atoms with Crippen molar-refractivity contribution in [2.45, 2.75) is 31.7 Å². The van der Waals surface area contributed by atoms with Crippen molar-refractivity contribution in [1.29, 1.82) is 0 Å². The van der Waals surface area contributed by atoms with Gasteiger partial charge in [0.1, 0.15) is 11.5 Å². The lowest BCUT2D eigenvalue weighted by molar-refractivity contribution is -0.204. The lowest BCUT2D eigenvalue weighted by Gasteiger charge is -2.42. The molecule has 0 saturated heterocycles. The van der Waals surface area contributed by atoms with Crippen molar-refractivity contribution in [1.82, 2.24) is 9.88 Å². The Labute approximate surface area is 212 Å². The van der Waals surface area contributed by atoms with Gasteiger partial charge in [0.25, 0.3) is 0 Å². The smallest absolute Gasteiger partial charge is 0.457 e. The Bertz CT molecular complexity index is 1350. The highest BCUT2D eigenvalue weighted by Crippen LogP contribution is 2.44. The van der Waals surface area contributed by atoms with Gasteiger partial charge < -0.3 is 15.3 Å². The van der Waals surface area contributed by atoms with Crippen molar-refractivity contribution in [3.63, 3.8) is 0 Å². The van der Waals surface area contributed by atoms with Crippen LogP contribution >= 0.6 is 0 Å². The SMILES string of the molecule is Cc1ccc(Oc2cccc(C(F)(F)F)c2-c2ccc3c(n2)N(OC(=O)C(F)(F)F)C(N)N(C)C3N)cc1. The number of anilines is 1. The summed E-state index contributed by atoms with van der Waals surface area (Å²) >= 11 is 0. The zero-order valence-corrected chi connectivity index (χ0v) is 19.8. The van der Waals surface area contributed by atoms with Gasteiger partial charge in [0.05, 0.1) is 23.0 Å². The van der Waals surface area contributed by atoms with Gasteiger partial charge in [-0.1, -0.05) is 29.8 Å². The molecule has 202 valence electrons. The Morgan fingerprint density at radius 1 is 0.974 bits per heavy atom. The van der Waals surface area contributed by atoms with Crippen molar-refractivity contribution in [2.75, 3.05) is 12.1 Å². The van der Waals surface area contributed by atoms with Crippen molar-refractivity contribution >= 4 is 11.8 Å². The molecule has 0 bridgehead atoms. The first kappa shape index (κ1) is 27.2. The number of ether oxygens (including phenoxy) is 1. The second-order valence-corrected chi connectivity index (χ2v) is 8.43. The number of aromatic nitrogens is 1. The summed E-state index contributed by atoms with van der Waals surface area (Å²) in [5.41, 5.74) is 11.0. The zero-order chi connectivity index (χ0) is 28.0. The van der Waals surface area contributed by atoms with Gasteiger partial charge in [0, 0.05) is 5.56 Å². The van der Waals surface area contributed by atoms with E-state index in [1.54, 1.807) is 24.3 Å². The number of hydrogen-bond donors (Lipinski definition) is 2. The van der Waals surface area contributed by atoms with Crippen LogP contribution in [0.15, 0.2) is 54.6 Å². The lowest BCUT2D eigenvalue weighted by Crippen LogP contribution is -2.60. The van der Waals surface area contributed by atoms with E-state index in [4.69, 9.17) is 16.2 Å². The van der Waals surface area contributed by atoms with Crippen LogP contribution in [0.25, 0.3) is 11.3 Å². The molecule has 0 amide bonds. The van der Waals surface area contributed by atoms with Crippen LogP contribution in [0, 0.1) is 6.92 Å². The van der Waals surface area contributed by atoms with E-state index in [1.807, 2.05) is 6.92 Å². The van der Waals surface area contributed by atoms with Crippen LogP contribution in [0.2, 0.25) is 0 Å². The predicted octanol–water partition coefficient (Wildman–Crippen LogP) is 4.84. The van der Waals surface area contributed by atoms with Gasteiger partial charge in [-0.15, -0.1) is 0 Å². The first-order chi connectivity index (χ1) is 17.7. The molecule has 0 spiro atoms. The second kappa shape index (κ2) is 9.78. The average molecular weight is 541 g/mol. The third kappa shape index (κ3) is 5.23. The molecule has 1 aliphatic heterocycles. The quantitative estimate of drug-likeness (QED) is 0.452. The van der Waals surface area contributed by atoms with E-state index in [1.165, 1.54) is 30.1 Å².